The minimum absolute atomic E-state index is 0.0511. The van der Waals surface area contributed by atoms with E-state index < -0.39 is 5.60 Å². The second kappa shape index (κ2) is 6.00. The van der Waals surface area contributed by atoms with Crippen LogP contribution in [0.5, 0.6) is 0 Å². The SMILES string of the molecule is [B]c1ccc2c(ccc3[nH]c([C@@H]4[C@H]5CC[C@H](C5)N4C(=O)OC(C)(C)C)nc32)c1. The van der Waals surface area contributed by atoms with Crippen LogP contribution in [0.3, 0.4) is 0 Å². The molecule has 0 unspecified atom stereocenters. The topological polar surface area (TPSA) is 58.2 Å². The van der Waals surface area contributed by atoms with Crippen LogP contribution in [-0.2, 0) is 4.74 Å². The van der Waals surface area contributed by atoms with E-state index in [-0.39, 0.29) is 18.2 Å². The molecule has 1 aliphatic carbocycles. The van der Waals surface area contributed by atoms with Crippen LogP contribution in [0.4, 0.5) is 4.79 Å². The lowest BCUT2D eigenvalue weighted by Gasteiger charge is -2.35. The number of carbonyl (C=O) groups is 1. The smallest absolute Gasteiger partial charge is 0.411 e. The van der Waals surface area contributed by atoms with Gasteiger partial charge in [-0.1, -0.05) is 29.7 Å². The van der Waals surface area contributed by atoms with Crippen LogP contribution in [0.25, 0.3) is 21.8 Å². The normalized spacial score (nSPS) is 24.4. The molecule has 2 aromatic carbocycles. The molecule has 1 aromatic heterocycles. The summed E-state index contributed by atoms with van der Waals surface area (Å²) in [4.78, 5) is 23.3. The average molecular weight is 373 g/mol. The molecule has 0 spiro atoms. The molecule has 2 radical (unpaired) electrons. The highest BCUT2D eigenvalue weighted by atomic mass is 16.6. The summed E-state index contributed by atoms with van der Waals surface area (Å²) in [6, 6.07) is 10.2. The number of fused-ring (bicyclic) bond motifs is 5. The van der Waals surface area contributed by atoms with Crippen LogP contribution >= 0.6 is 0 Å². The Labute approximate surface area is 165 Å². The number of amides is 1. The summed E-state index contributed by atoms with van der Waals surface area (Å²) in [6.07, 6.45) is 2.96. The van der Waals surface area contributed by atoms with Gasteiger partial charge in [0, 0.05) is 11.4 Å². The van der Waals surface area contributed by atoms with Gasteiger partial charge in [0.25, 0.3) is 0 Å². The van der Waals surface area contributed by atoms with E-state index >= 15 is 0 Å². The molecule has 5 rings (SSSR count). The minimum Gasteiger partial charge on any atom is -0.444 e. The van der Waals surface area contributed by atoms with Crippen LogP contribution < -0.4 is 5.46 Å². The molecule has 2 fully saturated rings. The van der Waals surface area contributed by atoms with E-state index in [4.69, 9.17) is 17.6 Å². The Morgan fingerprint density at radius 1 is 1.25 bits per heavy atom. The molecule has 5 nitrogen and oxygen atoms in total. The number of piperidine rings is 1. The summed E-state index contributed by atoms with van der Waals surface area (Å²) >= 11 is 0. The van der Waals surface area contributed by atoms with Crippen molar-refractivity contribution in [1.29, 1.82) is 0 Å². The van der Waals surface area contributed by atoms with Crippen LogP contribution in [0.15, 0.2) is 30.3 Å². The number of nitrogens with zero attached hydrogens (tertiary/aromatic N) is 2. The molecule has 3 atom stereocenters. The van der Waals surface area contributed by atoms with Crippen molar-refractivity contribution in [3.8, 4) is 0 Å². The first-order chi connectivity index (χ1) is 13.3. The third kappa shape index (κ3) is 2.77. The number of carbonyl (C=O) groups excluding carboxylic acids is 1. The van der Waals surface area contributed by atoms with Crippen LogP contribution in [0.2, 0.25) is 0 Å². The monoisotopic (exact) mass is 373 g/mol. The zero-order valence-electron chi connectivity index (χ0n) is 16.5. The Bertz CT molecular complexity index is 1080. The minimum atomic E-state index is -0.506. The van der Waals surface area contributed by atoms with Crippen molar-refractivity contribution in [1.82, 2.24) is 14.9 Å². The Morgan fingerprint density at radius 3 is 2.86 bits per heavy atom. The number of H-pyrrole nitrogens is 1. The van der Waals surface area contributed by atoms with Crippen LogP contribution in [0.1, 0.15) is 51.9 Å². The van der Waals surface area contributed by atoms with Gasteiger partial charge < -0.3 is 9.72 Å². The summed E-state index contributed by atoms with van der Waals surface area (Å²) in [5.74, 6) is 1.29. The Morgan fingerprint density at radius 2 is 2.07 bits per heavy atom. The maximum Gasteiger partial charge on any atom is 0.411 e. The van der Waals surface area contributed by atoms with E-state index in [2.05, 4.69) is 11.1 Å². The number of aromatic amines is 1. The maximum atomic E-state index is 12.9. The zero-order valence-corrected chi connectivity index (χ0v) is 16.5. The molecule has 6 heteroatoms. The van der Waals surface area contributed by atoms with E-state index in [1.165, 1.54) is 0 Å². The first kappa shape index (κ1) is 17.6. The summed E-state index contributed by atoms with van der Waals surface area (Å²) in [6.45, 7) is 5.73. The number of hydrogen-bond acceptors (Lipinski definition) is 3. The quantitative estimate of drug-likeness (QED) is 0.657. The van der Waals surface area contributed by atoms with Crippen molar-refractivity contribution in [2.75, 3.05) is 0 Å². The van der Waals surface area contributed by atoms with Crippen molar-refractivity contribution >= 4 is 41.2 Å². The Balaban J connectivity index is 1.58. The zero-order chi connectivity index (χ0) is 19.6. The van der Waals surface area contributed by atoms with Crippen LogP contribution in [0, 0.1) is 5.92 Å². The number of nitrogens with one attached hydrogen (secondary N) is 1. The second-order valence-electron chi connectivity index (χ2n) is 9.12. The number of benzene rings is 2. The molecule has 142 valence electrons. The molecule has 2 bridgehead atoms. The lowest BCUT2D eigenvalue weighted by molar-refractivity contribution is 0.00623. The summed E-state index contributed by atoms with van der Waals surface area (Å²) in [5, 5.41) is 2.14. The van der Waals surface area contributed by atoms with E-state index in [9.17, 15) is 4.79 Å². The van der Waals surface area contributed by atoms with E-state index in [1.54, 1.807) is 0 Å². The molecule has 2 heterocycles. The van der Waals surface area contributed by atoms with Crippen molar-refractivity contribution in [3.05, 3.63) is 36.2 Å². The van der Waals surface area contributed by atoms with Crippen molar-refractivity contribution in [2.45, 2.75) is 57.7 Å². The fourth-order valence-corrected chi connectivity index (χ4v) is 4.90. The molecule has 28 heavy (non-hydrogen) atoms. The van der Waals surface area contributed by atoms with Gasteiger partial charge in [0.1, 0.15) is 19.3 Å². The highest BCUT2D eigenvalue weighted by molar-refractivity contribution is 6.33. The standard InChI is InChI=1S/C22H24BN3O2/c1-22(2,3)28-21(27)26-15-7-4-13(11-15)19(26)20-24-17-9-5-12-10-14(23)6-8-16(12)18(17)25-20/h5-6,8-10,13,15,19H,4,7,11H2,1-3H3,(H,24,25)/t13-,15+,19-/m0/s1. The number of aromatic nitrogens is 2. The van der Waals surface area contributed by atoms with Crippen LogP contribution in [-0.4, -0.2) is 40.5 Å². The summed E-state index contributed by atoms with van der Waals surface area (Å²) in [7, 11) is 5.93. The molecular weight excluding hydrogens is 349 g/mol. The van der Waals surface area contributed by atoms with E-state index in [1.807, 2.05) is 49.9 Å². The first-order valence-corrected chi connectivity index (χ1v) is 9.99. The van der Waals surface area contributed by atoms with Gasteiger partial charge >= 0.3 is 6.09 Å². The number of hydrogen-bond donors (Lipinski definition) is 1. The second-order valence-corrected chi connectivity index (χ2v) is 9.12. The van der Waals surface area contributed by atoms with Gasteiger partial charge in [-0.25, -0.2) is 9.78 Å². The number of imidazole rings is 1. The third-order valence-corrected chi connectivity index (χ3v) is 5.98. The number of rotatable bonds is 1. The number of likely N-dealkylation sites (tertiary alicyclic amines) is 1. The van der Waals surface area contributed by atoms with Crippen molar-refractivity contribution in [2.24, 2.45) is 5.92 Å². The molecular formula is C22H24BN3O2. The van der Waals surface area contributed by atoms with E-state index in [0.29, 0.717) is 5.92 Å². The lowest BCUT2D eigenvalue weighted by Crippen LogP contribution is -2.43. The Kier molecular flexibility index (Phi) is 3.77. The molecule has 2 aliphatic rings. The molecule has 1 saturated heterocycles. The predicted molar refractivity (Wildman–Crippen MR) is 111 cm³/mol. The average Bonchev–Trinajstić information content (AvgIpc) is 3.32. The summed E-state index contributed by atoms with van der Waals surface area (Å²) in [5.41, 5.74) is 2.15. The van der Waals surface area contributed by atoms with Crippen molar-refractivity contribution < 1.29 is 9.53 Å². The molecule has 1 saturated carbocycles. The fourth-order valence-electron chi connectivity index (χ4n) is 4.90. The Hall–Kier alpha value is -2.50. The van der Waals surface area contributed by atoms with Crippen molar-refractivity contribution in [3.63, 3.8) is 0 Å². The highest BCUT2D eigenvalue weighted by Gasteiger charge is 2.51. The lowest BCUT2D eigenvalue weighted by atomic mass is 9.93. The van der Waals surface area contributed by atoms with Gasteiger partial charge in [0.05, 0.1) is 17.1 Å². The van der Waals surface area contributed by atoms with Gasteiger partial charge in [0.15, 0.2) is 0 Å². The first-order valence-electron chi connectivity index (χ1n) is 9.99. The molecule has 1 aliphatic heterocycles. The molecule has 1 N–H and O–H groups in total. The number of ether oxygens (including phenoxy) is 1. The van der Waals surface area contributed by atoms with Gasteiger partial charge in [-0.05, 0) is 57.4 Å². The van der Waals surface area contributed by atoms with Gasteiger partial charge in [-0.3, -0.25) is 4.90 Å². The fraction of sp³-hybridized carbons (Fsp3) is 0.455. The molecule has 1 amide bonds. The van der Waals surface area contributed by atoms with Gasteiger partial charge in [-0.15, -0.1) is 0 Å². The highest BCUT2D eigenvalue weighted by Crippen LogP contribution is 2.50. The van der Waals surface area contributed by atoms with E-state index in [0.717, 1.165) is 52.4 Å². The largest absolute Gasteiger partial charge is 0.444 e. The summed E-state index contributed by atoms with van der Waals surface area (Å²) < 4.78 is 5.71. The predicted octanol–water partition coefficient (Wildman–Crippen LogP) is 3.97. The molecule has 3 aromatic rings. The third-order valence-electron chi connectivity index (χ3n) is 5.98. The van der Waals surface area contributed by atoms with Gasteiger partial charge in [0.2, 0.25) is 0 Å². The van der Waals surface area contributed by atoms with Gasteiger partial charge in [-0.2, -0.15) is 0 Å². The maximum absolute atomic E-state index is 12.9.